The fraction of sp³-hybridized carbons (Fsp3) is 0.615. The molecule has 1 aliphatic carbocycles. The van der Waals surface area contributed by atoms with E-state index in [-0.39, 0.29) is 16.4 Å². The number of rotatable bonds is 3. The standard InChI is InChI=1S/C13H18N2O3S/c1-9-3-5-13(2,6-4-9)14-12(16)10-7-11(15(17)18)19-8-10/h7-9H,3-6H2,1-2H3,(H,14,16). The van der Waals surface area contributed by atoms with E-state index in [9.17, 15) is 14.9 Å². The molecule has 0 unspecified atom stereocenters. The van der Waals surface area contributed by atoms with Crippen molar-refractivity contribution in [3.8, 4) is 0 Å². The summed E-state index contributed by atoms with van der Waals surface area (Å²) in [6, 6.07) is 1.34. The van der Waals surface area contributed by atoms with Crippen LogP contribution in [0.1, 0.15) is 49.9 Å². The lowest BCUT2D eigenvalue weighted by atomic mass is 9.78. The molecule has 1 aromatic rings. The van der Waals surface area contributed by atoms with Gasteiger partial charge in [-0.1, -0.05) is 18.3 Å². The zero-order valence-electron chi connectivity index (χ0n) is 11.1. The Morgan fingerprint density at radius 3 is 2.68 bits per heavy atom. The maximum Gasteiger partial charge on any atom is 0.324 e. The topological polar surface area (TPSA) is 72.2 Å². The first-order valence-electron chi connectivity index (χ1n) is 6.45. The van der Waals surface area contributed by atoms with E-state index in [1.165, 1.54) is 6.07 Å². The summed E-state index contributed by atoms with van der Waals surface area (Å²) in [5, 5.41) is 15.2. The third-order valence-corrected chi connectivity index (χ3v) is 4.70. The molecule has 0 radical (unpaired) electrons. The summed E-state index contributed by atoms with van der Waals surface area (Å²) >= 11 is 0.987. The Balaban J connectivity index is 2.02. The van der Waals surface area contributed by atoms with Crippen LogP contribution >= 0.6 is 11.3 Å². The SMILES string of the molecule is CC1CCC(C)(NC(=O)c2csc([N+](=O)[O-])c2)CC1. The summed E-state index contributed by atoms with van der Waals surface area (Å²) < 4.78 is 0. The van der Waals surface area contributed by atoms with E-state index >= 15 is 0 Å². The van der Waals surface area contributed by atoms with Gasteiger partial charge in [-0.15, -0.1) is 0 Å². The molecule has 0 atom stereocenters. The molecule has 104 valence electrons. The zero-order valence-corrected chi connectivity index (χ0v) is 12.0. The normalized spacial score (nSPS) is 26.9. The highest BCUT2D eigenvalue weighted by Crippen LogP contribution is 2.32. The number of carbonyl (C=O) groups is 1. The van der Waals surface area contributed by atoms with Crippen LogP contribution in [0.25, 0.3) is 0 Å². The number of nitrogens with zero attached hydrogens (tertiary/aromatic N) is 1. The van der Waals surface area contributed by atoms with Crippen LogP contribution in [0.15, 0.2) is 11.4 Å². The Bertz CT molecular complexity index is 490. The second-order valence-electron chi connectivity index (χ2n) is 5.63. The fourth-order valence-electron chi connectivity index (χ4n) is 2.41. The lowest BCUT2D eigenvalue weighted by Crippen LogP contribution is -2.48. The molecular formula is C13H18N2O3S. The predicted octanol–water partition coefficient (Wildman–Crippen LogP) is 3.35. The van der Waals surface area contributed by atoms with Crippen LogP contribution in [-0.4, -0.2) is 16.4 Å². The second-order valence-corrected chi connectivity index (χ2v) is 6.52. The summed E-state index contributed by atoms with van der Waals surface area (Å²) in [5.74, 6) is 0.508. The van der Waals surface area contributed by atoms with Crippen molar-refractivity contribution in [3.05, 3.63) is 27.1 Å². The number of hydrogen-bond acceptors (Lipinski definition) is 4. The van der Waals surface area contributed by atoms with Crippen LogP contribution in [0, 0.1) is 16.0 Å². The molecular weight excluding hydrogens is 264 g/mol. The zero-order chi connectivity index (χ0) is 14.0. The van der Waals surface area contributed by atoms with Crippen molar-refractivity contribution in [1.29, 1.82) is 0 Å². The smallest absolute Gasteiger partial charge is 0.324 e. The number of nitro groups is 1. The number of carbonyl (C=O) groups excluding carboxylic acids is 1. The molecule has 5 nitrogen and oxygen atoms in total. The highest BCUT2D eigenvalue weighted by Gasteiger charge is 2.31. The molecule has 0 aromatic carbocycles. The Hall–Kier alpha value is -1.43. The number of hydrogen-bond donors (Lipinski definition) is 1. The van der Waals surface area contributed by atoms with Crippen LogP contribution < -0.4 is 5.32 Å². The monoisotopic (exact) mass is 282 g/mol. The molecule has 1 N–H and O–H groups in total. The van der Waals surface area contributed by atoms with Gasteiger partial charge in [0.2, 0.25) is 0 Å². The molecule has 0 spiro atoms. The summed E-state index contributed by atoms with van der Waals surface area (Å²) in [4.78, 5) is 22.3. The molecule has 1 fully saturated rings. The van der Waals surface area contributed by atoms with Gasteiger partial charge in [-0.05, 0) is 38.5 Å². The molecule has 1 amide bonds. The van der Waals surface area contributed by atoms with Gasteiger partial charge >= 0.3 is 5.00 Å². The van der Waals surface area contributed by atoms with Gasteiger partial charge in [-0.3, -0.25) is 14.9 Å². The molecule has 19 heavy (non-hydrogen) atoms. The van der Waals surface area contributed by atoms with Gasteiger partial charge in [0, 0.05) is 17.0 Å². The van der Waals surface area contributed by atoms with E-state index in [4.69, 9.17) is 0 Å². The molecule has 0 saturated heterocycles. The molecule has 0 bridgehead atoms. The highest BCUT2D eigenvalue weighted by atomic mass is 32.1. The first-order chi connectivity index (χ1) is 8.89. The lowest BCUT2D eigenvalue weighted by Gasteiger charge is -2.37. The number of amides is 1. The van der Waals surface area contributed by atoms with Crippen LogP contribution in [0.2, 0.25) is 0 Å². The summed E-state index contributed by atoms with van der Waals surface area (Å²) in [5.41, 5.74) is 0.205. The van der Waals surface area contributed by atoms with Crippen molar-refractivity contribution in [3.63, 3.8) is 0 Å². The van der Waals surface area contributed by atoms with Gasteiger partial charge in [0.05, 0.1) is 10.5 Å². The predicted molar refractivity (Wildman–Crippen MR) is 74.5 cm³/mol. The second kappa shape index (κ2) is 5.28. The lowest BCUT2D eigenvalue weighted by molar-refractivity contribution is -0.380. The molecule has 6 heteroatoms. The molecule has 1 aromatic heterocycles. The van der Waals surface area contributed by atoms with Crippen molar-refractivity contribution in [1.82, 2.24) is 5.32 Å². The maximum absolute atomic E-state index is 12.1. The van der Waals surface area contributed by atoms with Crippen LogP contribution in [0.5, 0.6) is 0 Å². The molecule has 1 saturated carbocycles. The van der Waals surface area contributed by atoms with Crippen LogP contribution in [-0.2, 0) is 0 Å². The van der Waals surface area contributed by atoms with Gasteiger partial charge in [0.25, 0.3) is 5.91 Å². The Labute approximate surface area is 116 Å². The average molecular weight is 282 g/mol. The van der Waals surface area contributed by atoms with Crippen molar-refractivity contribution in [2.45, 2.75) is 45.1 Å². The Kier molecular flexibility index (Phi) is 3.89. The molecule has 0 aliphatic heterocycles. The number of thiophene rings is 1. The van der Waals surface area contributed by atoms with Crippen molar-refractivity contribution in [2.24, 2.45) is 5.92 Å². The molecule has 1 heterocycles. The minimum absolute atomic E-state index is 0.00701. The Morgan fingerprint density at radius 2 is 2.16 bits per heavy atom. The van der Waals surface area contributed by atoms with Gasteiger partial charge < -0.3 is 5.32 Å². The first-order valence-corrected chi connectivity index (χ1v) is 7.33. The summed E-state index contributed by atoms with van der Waals surface area (Å²) in [6.45, 7) is 4.28. The van der Waals surface area contributed by atoms with Gasteiger partial charge in [-0.2, -0.15) is 0 Å². The van der Waals surface area contributed by atoms with Crippen LogP contribution in [0.4, 0.5) is 5.00 Å². The third kappa shape index (κ3) is 3.32. The summed E-state index contributed by atoms with van der Waals surface area (Å²) in [7, 11) is 0. The minimum Gasteiger partial charge on any atom is -0.347 e. The van der Waals surface area contributed by atoms with Crippen LogP contribution in [0.3, 0.4) is 0 Å². The average Bonchev–Trinajstić information content (AvgIpc) is 2.83. The van der Waals surface area contributed by atoms with E-state index in [1.807, 2.05) is 0 Å². The van der Waals surface area contributed by atoms with E-state index < -0.39 is 4.92 Å². The quantitative estimate of drug-likeness (QED) is 0.682. The van der Waals surface area contributed by atoms with Crippen molar-refractivity contribution >= 4 is 22.2 Å². The van der Waals surface area contributed by atoms with E-state index in [1.54, 1.807) is 5.38 Å². The largest absolute Gasteiger partial charge is 0.347 e. The molecule has 1 aliphatic rings. The van der Waals surface area contributed by atoms with Gasteiger partial charge in [-0.25, -0.2) is 0 Å². The van der Waals surface area contributed by atoms with E-state index in [0.717, 1.165) is 37.0 Å². The van der Waals surface area contributed by atoms with Crippen molar-refractivity contribution < 1.29 is 9.72 Å². The number of nitrogens with one attached hydrogen (secondary N) is 1. The molecule has 2 rings (SSSR count). The fourth-order valence-corrected chi connectivity index (χ4v) is 3.11. The van der Waals surface area contributed by atoms with Crippen molar-refractivity contribution in [2.75, 3.05) is 0 Å². The highest BCUT2D eigenvalue weighted by molar-refractivity contribution is 7.13. The Morgan fingerprint density at radius 1 is 1.53 bits per heavy atom. The van der Waals surface area contributed by atoms with Gasteiger partial charge in [0.1, 0.15) is 0 Å². The first kappa shape index (κ1) is 14.0. The maximum atomic E-state index is 12.1. The third-order valence-electron chi connectivity index (χ3n) is 3.82. The van der Waals surface area contributed by atoms with Gasteiger partial charge in [0.15, 0.2) is 0 Å². The minimum atomic E-state index is -0.467. The summed E-state index contributed by atoms with van der Waals surface area (Å²) in [6.07, 6.45) is 4.15. The van der Waals surface area contributed by atoms with E-state index in [2.05, 4.69) is 19.2 Å². The van der Waals surface area contributed by atoms with E-state index in [0.29, 0.717) is 11.5 Å².